The predicted molar refractivity (Wildman–Crippen MR) is 73.4 cm³/mol. The van der Waals surface area contributed by atoms with Gasteiger partial charge in [-0.15, -0.1) is 0 Å². The van der Waals surface area contributed by atoms with Crippen molar-refractivity contribution in [3.8, 4) is 11.3 Å². The molecule has 1 aliphatic rings. The van der Waals surface area contributed by atoms with Crippen molar-refractivity contribution in [2.75, 3.05) is 0 Å². The zero-order valence-corrected chi connectivity index (χ0v) is 10.5. The highest BCUT2D eigenvalue weighted by atomic mass is 35.5. The summed E-state index contributed by atoms with van der Waals surface area (Å²) in [5, 5.41) is 0.588. The number of hydrogen-bond acceptors (Lipinski definition) is 3. The van der Waals surface area contributed by atoms with Gasteiger partial charge in [0.1, 0.15) is 11.4 Å². The van der Waals surface area contributed by atoms with Crippen molar-refractivity contribution in [3.63, 3.8) is 0 Å². The Morgan fingerprint density at radius 3 is 2.42 bits per heavy atom. The molecular formula is C15H7ClN2O. The number of hydrogen-bond donors (Lipinski definition) is 0. The Bertz CT molecular complexity index is 858. The van der Waals surface area contributed by atoms with Crippen molar-refractivity contribution in [2.24, 2.45) is 0 Å². The second kappa shape index (κ2) is 3.62. The molecule has 4 rings (SSSR count). The van der Waals surface area contributed by atoms with Crippen LogP contribution in [0, 0.1) is 0 Å². The van der Waals surface area contributed by atoms with E-state index >= 15 is 0 Å². The minimum Gasteiger partial charge on any atom is -0.287 e. The van der Waals surface area contributed by atoms with Crippen LogP contribution in [0.2, 0.25) is 5.02 Å². The highest BCUT2D eigenvalue weighted by Crippen LogP contribution is 2.35. The van der Waals surface area contributed by atoms with Crippen LogP contribution in [-0.2, 0) is 0 Å². The van der Waals surface area contributed by atoms with E-state index in [0.29, 0.717) is 27.5 Å². The molecular weight excluding hydrogens is 260 g/mol. The highest BCUT2D eigenvalue weighted by Gasteiger charge is 2.29. The van der Waals surface area contributed by atoms with Gasteiger partial charge in [-0.25, -0.2) is 9.97 Å². The first kappa shape index (κ1) is 10.6. The van der Waals surface area contributed by atoms with Gasteiger partial charge in [0, 0.05) is 16.1 Å². The third-order valence-electron chi connectivity index (χ3n) is 3.27. The van der Waals surface area contributed by atoms with Crippen molar-refractivity contribution in [3.05, 3.63) is 58.7 Å². The van der Waals surface area contributed by atoms with E-state index in [2.05, 4.69) is 9.97 Å². The molecule has 3 aromatic rings. The maximum absolute atomic E-state index is 12.3. The molecule has 19 heavy (non-hydrogen) atoms. The zero-order valence-electron chi connectivity index (χ0n) is 9.72. The smallest absolute Gasteiger partial charge is 0.214 e. The minimum atomic E-state index is -0.0695. The van der Waals surface area contributed by atoms with Gasteiger partial charge >= 0.3 is 0 Å². The molecule has 2 aromatic carbocycles. The summed E-state index contributed by atoms with van der Waals surface area (Å²) in [5.41, 5.74) is 3.98. The molecule has 4 heteroatoms. The third kappa shape index (κ3) is 1.42. The summed E-state index contributed by atoms with van der Waals surface area (Å²) in [6.07, 6.45) is 0. The fourth-order valence-corrected chi connectivity index (χ4v) is 2.56. The van der Waals surface area contributed by atoms with Crippen LogP contribution in [0.5, 0.6) is 0 Å². The molecule has 0 amide bonds. The molecule has 0 radical (unpaired) electrons. The van der Waals surface area contributed by atoms with E-state index in [9.17, 15) is 4.79 Å². The van der Waals surface area contributed by atoms with Crippen molar-refractivity contribution in [1.29, 1.82) is 0 Å². The van der Waals surface area contributed by atoms with E-state index < -0.39 is 0 Å². The third-order valence-corrected chi connectivity index (χ3v) is 3.50. The van der Waals surface area contributed by atoms with Crippen LogP contribution in [-0.4, -0.2) is 15.8 Å². The lowest BCUT2D eigenvalue weighted by atomic mass is 10.1. The number of ketones is 1. The molecule has 0 unspecified atom stereocenters. The monoisotopic (exact) mass is 266 g/mol. The van der Waals surface area contributed by atoms with Crippen LogP contribution in [0.15, 0.2) is 42.5 Å². The molecule has 0 bridgehead atoms. The fourth-order valence-electron chi connectivity index (χ4n) is 2.39. The number of halogens is 1. The fraction of sp³-hybridized carbons (Fsp3) is 0. The summed E-state index contributed by atoms with van der Waals surface area (Å²) in [6.45, 7) is 0. The average Bonchev–Trinajstić information content (AvgIpc) is 2.70. The van der Waals surface area contributed by atoms with E-state index in [1.165, 1.54) is 0 Å². The van der Waals surface area contributed by atoms with Crippen LogP contribution in [0.3, 0.4) is 0 Å². The predicted octanol–water partition coefficient (Wildman–Crippen LogP) is 3.49. The molecule has 1 aromatic heterocycles. The molecule has 0 aliphatic heterocycles. The Labute approximate surface area is 113 Å². The summed E-state index contributed by atoms with van der Waals surface area (Å²) >= 11 is 5.94. The first-order valence-electron chi connectivity index (χ1n) is 5.85. The second-order valence-corrected chi connectivity index (χ2v) is 4.87. The van der Waals surface area contributed by atoms with Gasteiger partial charge in [-0.1, -0.05) is 35.9 Å². The summed E-state index contributed by atoms with van der Waals surface area (Å²) in [4.78, 5) is 21.2. The Morgan fingerprint density at radius 2 is 1.58 bits per heavy atom. The Hall–Kier alpha value is -2.26. The van der Waals surface area contributed by atoms with Crippen LogP contribution in [0.25, 0.3) is 22.3 Å². The van der Waals surface area contributed by atoms with Gasteiger partial charge in [0.2, 0.25) is 5.78 Å². The minimum absolute atomic E-state index is 0.0695. The summed E-state index contributed by atoms with van der Waals surface area (Å²) in [5.74, 6) is -0.0695. The topological polar surface area (TPSA) is 42.9 Å². The summed E-state index contributed by atoms with van der Waals surface area (Å²) in [7, 11) is 0. The van der Waals surface area contributed by atoms with Gasteiger partial charge in [-0.3, -0.25) is 4.79 Å². The number of carbonyl (C=O) groups is 1. The molecule has 1 aliphatic carbocycles. The maximum atomic E-state index is 12.3. The zero-order chi connectivity index (χ0) is 13.0. The lowest BCUT2D eigenvalue weighted by Crippen LogP contribution is -1.99. The number of carbonyl (C=O) groups excluding carboxylic acids is 1. The number of nitrogens with zero attached hydrogens (tertiary/aromatic N) is 2. The van der Waals surface area contributed by atoms with Crippen LogP contribution >= 0.6 is 11.6 Å². The lowest BCUT2D eigenvalue weighted by molar-refractivity contribution is 0.103. The van der Waals surface area contributed by atoms with E-state index in [1.807, 2.05) is 24.3 Å². The SMILES string of the molecule is O=C1c2ccccc2-c2nc3ccc(Cl)cc3nc21. The molecule has 0 atom stereocenters. The number of benzene rings is 2. The van der Waals surface area contributed by atoms with Gasteiger partial charge in [0.15, 0.2) is 0 Å². The van der Waals surface area contributed by atoms with Crippen molar-refractivity contribution < 1.29 is 4.79 Å². The van der Waals surface area contributed by atoms with Crippen molar-refractivity contribution in [2.45, 2.75) is 0 Å². The lowest BCUT2D eigenvalue weighted by Gasteiger charge is -2.01. The molecule has 3 nitrogen and oxygen atoms in total. The molecule has 0 fully saturated rings. The summed E-state index contributed by atoms with van der Waals surface area (Å²) < 4.78 is 0. The average molecular weight is 267 g/mol. The molecule has 90 valence electrons. The first-order valence-corrected chi connectivity index (χ1v) is 6.23. The Morgan fingerprint density at radius 1 is 0.842 bits per heavy atom. The van der Waals surface area contributed by atoms with Gasteiger partial charge in [-0.05, 0) is 18.2 Å². The standard InChI is InChI=1S/C15H7ClN2O/c16-8-5-6-11-12(7-8)18-14-13(17-11)9-3-1-2-4-10(9)15(14)19/h1-7H. The molecule has 1 heterocycles. The van der Waals surface area contributed by atoms with Gasteiger partial charge in [0.05, 0.1) is 11.0 Å². The quantitative estimate of drug-likeness (QED) is 0.489. The van der Waals surface area contributed by atoms with Gasteiger partial charge < -0.3 is 0 Å². The first-order chi connectivity index (χ1) is 9.24. The van der Waals surface area contributed by atoms with E-state index in [-0.39, 0.29) is 5.78 Å². The largest absolute Gasteiger partial charge is 0.287 e. The van der Waals surface area contributed by atoms with Crippen LogP contribution in [0.1, 0.15) is 16.1 Å². The highest BCUT2D eigenvalue weighted by molar-refractivity contribution is 6.31. The maximum Gasteiger partial charge on any atom is 0.214 e. The van der Waals surface area contributed by atoms with E-state index in [0.717, 1.165) is 11.1 Å². The van der Waals surface area contributed by atoms with E-state index in [4.69, 9.17) is 11.6 Å². The van der Waals surface area contributed by atoms with Crippen LogP contribution in [0.4, 0.5) is 0 Å². The van der Waals surface area contributed by atoms with Crippen LogP contribution < -0.4 is 0 Å². The Kier molecular flexibility index (Phi) is 2.03. The van der Waals surface area contributed by atoms with Gasteiger partial charge in [-0.2, -0.15) is 0 Å². The number of rotatable bonds is 0. The van der Waals surface area contributed by atoms with Crippen molar-refractivity contribution in [1.82, 2.24) is 9.97 Å². The normalized spacial score (nSPS) is 12.6. The number of fused-ring (bicyclic) bond motifs is 4. The molecule has 0 spiro atoms. The molecule has 0 N–H and O–H groups in total. The molecule has 0 saturated carbocycles. The van der Waals surface area contributed by atoms with Crippen molar-refractivity contribution >= 4 is 28.4 Å². The van der Waals surface area contributed by atoms with Gasteiger partial charge in [0.25, 0.3) is 0 Å². The second-order valence-electron chi connectivity index (χ2n) is 4.43. The molecule has 0 saturated heterocycles. The Balaban J connectivity index is 2.11. The number of aromatic nitrogens is 2. The summed E-state index contributed by atoms with van der Waals surface area (Å²) in [6, 6.07) is 12.8. The van der Waals surface area contributed by atoms with E-state index in [1.54, 1.807) is 18.2 Å².